The number of aromatic nitrogens is 1. The Morgan fingerprint density at radius 1 is 0.793 bits per heavy atom. The lowest BCUT2D eigenvalue weighted by molar-refractivity contribution is 0.592. The molecule has 29 heavy (non-hydrogen) atoms. The first-order valence-corrected chi connectivity index (χ1v) is 10.6. The first-order chi connectivity index (χ1) is 13.8. The van der Waals surface area contributed by atoms with Crippen LogP contribution in [0.1, 0.15) is 0 Å². The summed E-state index contributed by atoms with van der Waals surface area (Å²) in [6.45, 7) is 0. The lowest BCUT2D eigenvalue weighted by Gasteiger charge is -2.12. The number of halogens is 4. The van der Waals surface area contributed by atoms with Gasteiger partial charge in [-0.2, -0.15) is 0 Å². The zero-order chi connectivity index (χ0) is 20.8. The van der Waals surface area contributed by atoms with Crippen molar-refractivity contribution in [1.29, 1.82) is 0 Å². The number of hydrogen-bond acceptors (Lipinski definition) is 3. The summed E-state index contributed by atoms with van der Waals surface area (Å²) >= 11 is 11.9. The first-order valence-electron chi connectivity index (χ1n) is 8.32. The van der Waals surface area contributed by atoms with Gasteiger partial charge in [-0.1, -0.05) is 41.4 Å². The highest BCUT2D eigenvalue weighted by atomic mass is 35.5. The summed E-state index contributed by atoms with van der Waals surface area (Å²) in [7, 11) is -4.16. The monoisotopic (exact) mass is 449 g/mol. The molecule has 0 N–H and O–H groups in total. The molecule has 0 fully saturated rings. The van der Waals surface area contributed by atoms with Gasteiger partial charge in [0.2, 0.25) is 9.84 Å². The van der Waals surface area contributed by atoms with Gasteiger partial charge in [-0.25, -0.2) is 22.2 Å². The summed E-state index contributed by atoms with van der Waals surface area (Å²) in [5.74, 6) is -1.14. The Balaban J connectivity index is 2.05. The van der Waals surface area contributed by atoms with Gasteiger partial charge in [0.1, 0.15) is 11.6 Å². The molecule has 1 aromatic heterocycles. The van der Waals surface area contributed by atoms with Crippen LogP contribution in [0.4, 0.5) is 8.78 Å². The van der Waals surface area contributed by atoms with Gasteiger partial charge in [0.15, 0.2) is 5.03 Å². The summed E-state index contributed by atoms with van der Waals surface area (Å²) in [6, 6.07) is 14.8. The van der Waals surface area contributed by atoms with E-state index in [1.807, 2.05) is 0 Å². The Labute approximate surface area is 175 Å². The minimum Gasteiger partial charge on any atom is -0.236 e. The minimum absolute atomic E-state index is 0.0810. The Bertz CT molecular complexity index is 1350. The van der Waals surface area contributed by atoms with Gasteiger partial charge in [0.25, 0.3) is 0 Å². The van der Waals surface area contributed by atoms with Crippen LogP contribution in [0.25, 0.3) is 22.0 Å². The van der Waals surface area contributed by atoms with Crippen molar-refractivity contribution >= 4 is 43.9 Å². The number of fused-ring (bicyclic) bond motifs is 1. The van der Waals surface area contributed by atoms with Gasteiger partial charge in [0, 0.05) is 27.1 Å². The topological polar surface area (TPSA) is 47.0 Å². The van der Waals surface area contributed by atoms with Crippen molar-refractivity contribution in [3.63, 3.8) is 0 Å². The molecule has 1 heterocycles. The smallest absolute Gasteiger partial charge is 0.223 e. The number of hydrogen-bond donors (Lipinski definition) is 0. The van der Waals surface area contributed by atoms with Crippen LogP contribution in [0.2, 0.25) is 10.0 Å². The molecule has 8 heteroatoms. The molecular weight excluding hydrogens is 439 g/mol. The summed E-state index contributed by atoms with van der Waals surface area (Å²) in [5, 5.41) is 0.321. The number of sulfone groups is 1. The second-order valence-electron chi connectivity index (χ2n) is 6.26. The molecule has 0 atom stereocenters. The molecule has 0 amide bonds. The number of rotatable bonds is 3. The van der Waals surface area contributed by atoms with E-state index in [2.05, 4.69) is 4.98 Å². The third-order valence-corrected chi connectivity index (χ3v) is 6.39. The molecule has 4 rings (SSSR count). The van der Waals surface area contributed by atoms with E-state index in [4.69, 9.17) is 23.2 Å². The SMILES string of the molecule is O=S(=O)(c1cc(Cl)cc(Cl)c1)c1cc(-c2ccccc2F)c2ccc(F)cc2n1. The molecule has 0 aliphatic carbocycles. The van der Waals surface area contributed by atoms with Gasteiger partial charge in [-0.15, -0.1) is 0 Å². The van der Waals surface area contributed by atoms with Crippen LogP contribution >= 0.6 is 23.2 Å². The molecular formula is C21H11Cl2F2NO2S. The second-order valence-corrected chi connectivity index (χ2v) is 9.03. The summed E-state index contributed by atoms with van der Waals surface area (Å²) in [6.07, 6.45) is 0. The van der Waals surface area contributed by atoms with Crippen LogP contribution in [0, 0.1) is 11.6 Å². The molecule has 0 aliphatic rings. The molecule has 0 bridgehead atoms. The van der Waals surface area contributed by atoms with Gasteiger partial charge in [0.05, 0.1) is 10.4 Å². The van der Waals surface area contributed by atoms with E-state index in [0.717, 1.165) is 6.07 Å². The van der Waals surface area contributed by atoms with Crippen molar-refractivity contribution in [3.8, 4) is 11.1 Å². The van der Waals surface area contributed by atoms with E-state index >= 15 is 0 Å². The average Bonchev–Trinajstić information content (AvgIpc) is 2.66. The van der Waals surface area contributed by atoms with Gasteiger partial charge >= 0.3 is 0 Å². The van der Waals surface area contributed by atoms with Crippen LogP contribution in [0.3, 0.4) is 0 Å². The van der Waals surface area contributed by atoms with Crippen molar-refractivity contribution in [2.24, 2.45) is 0 Å². The highest BCUT2D eigenvalue weighted by Gasteiger charge is 2.23. The zero-order valence-corrected chi connectivity index (χ0v) is 16.9. The van der Waals surface area contributed by atoms with Gasteiger partial charge in [-0.3, -0.25) is 0 Å². The lowest BCUT2D eigenvalue weighted by atomic mass is 10.0. The molecule has 0 spiro atoms. The number of benzene rings is 3. The molecule has 0 saturated carbocycles. The quantitative estimate of drug-likeness (QED) is 0.367. The molecule has 4 aromatic rings. The molecule has 0 unspecified atom stereocenters. The Morgan fingerprint density at radius 2 is 1.48 bits per heavy atom. The van der Waals surface area contributed by atoms with Crippen LogP contribution in [0.5, 0.6) is 0 Å². The van der Waals surface area contributed by atoms with E-state index in [-0.39, 0.29) is 36.6 Å². The van der Waals surface area contributed by atoms with E-state index in [9.17, 15) is 17.2 Å². The van der Waals surface area contributed by atoms with E-state index in [1.54, 1.807) is 6.07 Å². The van der Waals surface area contributed by atoms with Crippen LogP contribution in [-0.4, -0.2) is 13.4 Å². The predicted octanol–water partition coefficient (Wildman–Crippen LogP) is 6.32. The van der Waals surface area contributed by atoms with Crippen molar-refractivity contribution in [1.82, 2.24) is 4.98 Å². The second kappa shape index (κ2) is 7.37. The Hall–Kier alpha value is -2.54. The molecule has 0 aliphatic heterocycles. The zero-order valence-electron chi connectivity index (χ0n) is 14.5. The molecule has 146 valence electrons. The van der Waals surface area contributed by atoms with Crippen molar-refractivity contribution in [2.45, 2.75) is 9.92 Å². The number of pyridine rings is 1. The van der Waals surface area contributed by atoms with Crippen LogP contribution in [0.15, 0.2) is 76.7 Å². The Morgan fingerprint density at radius 3 is 2.17 bits per heavy atom. The van der Waals surface area contributed by atoms with Crippen molar-refractivity contribution < 1.29 is 17.2 Å². The van der Waals surface area contributed by atoms with Crippen molar-refractivity contribution in [2.75, 3.05) is 0 Å². The standard InChI is InChI=1S/C21H11Cl2F2NO2S/c22-12-7-13(23)9-15(8-12)29(27,28)21-11-18(16-3-1-2-4-19(16)25)17-6-5-14(24)10-20(17)26-21/h1-11H. The fraction of sp³-hybridized carbons (Fsp3) is 0. The molecule has 0 saturated heterocycles. The van der Waals surface area contributed by atoms with Crippen molar-refractivity contribution in [3.05, 3.63) is 88.4 Å². The highest BCUT2D eigenvalue weighted by molar-refractivity contribution is 7.91. The lowest BCUT2D eigenvalue weighted by Crippen LogP contribution is -2.06. The van der Waals surface area contributed by atoms with E-state index < -0.39 is 21.5 Å². The summed E-state index contributed by atoms with van der Waals surface area (Å²) in [4.78, 5) is 3.95. The summed E-state index contributed by atoms with van der Waals surface area (Å²) < 4.78 is 54.6. The molecule has 0 radical (unpaired) electrons. The third kappa shape index (κ3) is 3.71. The van der Waals surface area contributed by atoms with Gasteiger partial charge in [-0.05, 0) is 48.0 Å². The average molecular weight is 450 g/mol. The van der Waals surface area contributed by atoms with E-state index in [0.29, 0.717) is 5.39 Å². The summed E-state index contributed by atoms with van der Waals surface area (Å²) in [5.41, 5.74) is 0.532. The highest BCUT2D eigenvalue weighted by Crippen LogP contribution is 2.34. The predicted molar refractivity (Wildman–Crippen MR) is 109 cm³/mol. The Kier molecular flexibility index (Phi) is 5.02. The normalized spacial score (nSPS) is 11.7. The largest absolute Gasteiger partial charge is 0.236 e. The first kappa shape index (κ1) is 19.8. The fourth-order valence-electron chi connectivity index (χ4n) is 3.02. The molecule has 3 nitrogen and oxygen atoms in total. The number of nitrogens with zero attached hydrogens (tertiary/aromatic N) is 1. The maximum absolute atomic E-state index is 14.5. The maximum Gasteiger partial charge on any atom is 0.223 e. The fourth-order valence-corrected chi connectivity index (χ4v) is 4.97. The maximum atomic E-state index is 14.5. The van der Waals surface area contributed by atoms with Gasteiger partial charge < -0.3 is 0 Å². The van der Waals surface area contributed by atoms with Crippen LogP contribution in [-0.2, 0) is 9.84 Å². The van der Waals surface area contributed by atoms with E-state index in [1.165, 1.54) is 54.6 Å². The minimum atomic E-state index is -4.16. The molecule has 3 aromatic carbocycles. The third-order valence-electron chi connectivity index (χ3n) is 4.33. The van der Waals surface area contributed by atoms with Crippen LogP contribution < -0.4 is 0 Å².